The number of likely N-dealkylation sites (tertiary alicyclic amines) is 1. The summed E-state index contributed by atoms with van der Waals surface area (Å²) in [5.41, 5.74) is 0.841. The molecule has 0 unspecified atom stereocenters. The maximum absolute atomic E-state index is 13.3. The van der Waals surface area contributed by atoms with Crippen LogP contribution in [0.15, 0.2) is 35.3 Å². The van der Waals surface area contributed by atoms with Crippen molar-refractivity contribution >= 4 is 11.7 Å². The summed E-state index contributed by atoms with van der Waals surface area (Å²) in [6.45, 7) is 6.31. The van der Waals surface area contributed by atoms with Crippen LogP contribution in [-0.2, 0) is 16.1 Å². The molecule has 1 amide bonds. The van der Waals surface area contributed by atoms with Crippen LogP contribution < -0.4 is 0 Å². The van der Waals surface area contributed by atoms with Gasteiger partial charge in [0.2, 0.25) is 0 Å². The third-order valence-corrected chi connectivity index (χ3v) is 6.37. The number of carbonyl (C=O) groups excluding carboxylic acids is 1. The van der Waals surface area contributed by atoms with Crippen LogP contribution in [0.3, 0.4) is 0 Å². The van der Waals surface area contributed by atoms with Gasteiger partial charge in [-0.05, 0) is 24.3 Å². The summed E-state index contributed by atoms with van der Waals surface area (Å²) in [6, 6.07) is 10.6. The molecule has 3 atom stereocenters. The molecular weight excluding hydrogens is 326 g/mol. The van der Waals surface area contributed by atoms with E-state index in [1.165, 1.54) is 5.56 Å². The van der Waals surface area contributed by atoms with Crippen molar-refractivity contribution in [2.45, 2.75) is 38.3 Å². The Hall–Kier alpha value is -1.72. The number of benzene rings is 1. The molecule has 140 valence electrons. The fraction of sp³-hybridized carbons (Fsp3) is 0.619. The van der Waals surface area contributed by atoms with Gasteiger partial charge < -0.3 is 4.74 Å². The van der Waals surface area contributed by atoms with Crippen molar-refractivity contribution in [1.82, 2.24) is 9.80 Å². The largest absolute Gasteiger partial charge is 0.383 e. The van der Waals surface area contributed by atoms with Gasteiger partial charge in [-0.25, -0.2) is 0 Å². The highest BCUT2D eigenvalue weighted by Gasteiger charge is 2.60. The summed E-state index contributed by atoms with van der Waals surface area (Å²) >= 11 is 0. The minimum absolute atomic E-state index is 0.223. The maximum Gasteiger partial charge on any atom is 0.256 e. The molecule has 1 saturated carbocycles. The standard InChI is InChI=1S/C21H29N3O2/c1-3-19-22-21(20(25)24(19)11-12-26-2)10-9-17-14-23(15-18(17)21)13-16-7-5-4-6-8-16/h4-8,17-18H,3,9-15H2,1-2H3/t17-,18+,21-/m1/s1. The fourth-order valence-electron chi connectivity index (χ4n) is 5.13. The second kappa shape index (κ2) is 7.12. The molecule has 1 aromatic rings. The zero-order valence-corrected chi connectivity index (χ0v) is 15.9. The molecule has 1 aliphatic carbocycles. The summed E-state index contributed by atoms with van der Waals surface area (Å²) in [7, 11) is 1.68. The second-order valence-corrected chi connectivity index (χ2v) is 7.84. The van der Waals surface area contributed by atoms with E-state index in [-0.39, 0.29) is 5.91 Å². The highest BCUT2D eigenvalue weighted by Crippen LogP contribution is 2.50. The van der Waals surface area contributed by atoms with Gasteiger partial charge in [0.25, 0.3) is 5.91 Å². The molecular formula is C21H29N3O2. The predicted molar refractivity (Wildman–Crippen MR) is 102 cm³/mol. The molecule has 0 bridgehead atoms. The lowest BCUT2D eigenvalue weighted by Crippen LogP contribution is -2.47. The molecule has 2 fully saturated rings. The first-order valence-electron chi connectivity index (χ1n) is 9.84. The van der Waals surface area contributed by atoms with Crippen LogP contribution in [0.5, 0.6) is 0 Å². The van der Waals surface area contributed by atoms with E-state index in [1.807, 2.05) is 4.90 Å². The second-order valence-electron chi connectivity index (χ2n) is 7.84. The molecule has 0 aromatic heterocycles. The van der Waals surface area contributed by atoms with E-state index in [2.05, 4.69) is 42.2 Å². The third-order valence-electron chi connectivity index (χ3n) is 6.37. The van der Waals surface area contributed by atoms with E-state index in [9.17, 15) is 4.79 Å². The average molecular weight is 355 g/mol. The predicted octanol–water partition coefficient (Wildman–Crippen LogP) is 2.56. The number of aliphatic imine (C=N–C) groups is 1. The topological polar surface area (TPSA) is 45.1 Å². The quantitative estimate of drug-likeness (QED) is 0.788. The number of rotatable bonds is 6. The summed E-state index contributed by atoms with van der Waals surface area (Å²) in [5.74, 6) is 2.12. The van der Waals surface area contributed by atoms with Gasteiger partial charge in [0.05, 0.1) is 13.2 Å². The van der Waals surface area contributed by atoms with Crippen LogP contribution in [0.4, 0.5) is 0 Å². The Bertz CT molecular complexity index is 690. The van der Waals surface area contributed by atoms with Crippen LogP contribution in [0.2, 0.25) is 0 Å². The van der Waals surface area contributed by atoms with Gasteiger partial charge in [-0.15, -0.1) is 0 Å². The van der Waals surface area contributed by atoms with Crippen LogP contribution in [-0.4, -0.2) is 60.4 Å². The van der Waals surface area contributed by atoms with Crippen molar-refractivity contribution in [1.29, 1.82) is 0 Å². The number of hydrogen-bond acceptors (Lipinski definition) is 4. The monoisotopic (exact) mass is 355 g/mol. The van der Waals surface area contributed by atoms with Gasteiger partial charge in [0.1, 0.15) is 11.4 Å². The zero-order valence-electron chi connectivity index (χ0n) is 15.9. The smallest absolute Gasteiger partial charge is 0.256 e. The molecule has 5 heteroatoms. The number of fused-ring (bicyclic) bond motifs is 2. The molecule has 0 N–H and O–H groups in total. The maximum atomic E-state index is 13.3. The fourth-order valence-corrected chi connectivity index (χ4v) is 5.13. The Balaban J connectivity index is 1.51. The van der Waals surface area contributed by atoms with Crippen LogP contribution >= 0.6 is 0 Å². The normalized spacial score (nSPS) is 31.1. The van der Waals surface area contributed by atoms with E-state index >= 15 is 0 Å². The number of nitrogens with zero attached hydrogens (tertiary/aromatic N) is 3. The molecule has 1 aromatic carbocycles. The van der Waals surface area contributed by atoms with Gasteiger partial charge in [-0.1, -0.05) is 37.3 Å². The Morgan fingerprint density at radius 3 is 2.81 bits per heavy atom. The van der Waals surface area contributed by atoms with Gasteiger partial charge in [-0.3, -0.25) is 19.6 Å². The van der Waals surface area contributed by atoms with Crippen molar-refractivity contribution in [3.05, 3.63) is 35.9 Å². The Morgan fingerprint density at radius 1 is 1.27 bits per heavy atom. The summed E-state index contributed by atoms with van der Waals surface area (Å²) < 4.78 is 5.21. The SMILES string of the molecule is CCC1=N[C@@]2(CC[C@@H]3CN(Cc4ccccc4)C[C@@H]32)C(=O)N1CCOC. The van der Waals surface area contributed by atoms with Gasteiger partial charge in [0.15, 0.2) is 0 Å². The Kier molecular flexibility index (Phi) is 4.84. The highest BCUT2D eigenvalue weighted by atomic mass is 16.5. The Labute approximate surface area is 156 Å². The summed E-state index contributed by atoms with van der Waals surface area (Å²) in [6.07, 6.45) is 2.83. The minimum atomic E-state index is -0.505. The van der Waals surface area contributed by atoms with Gasteiger partial charge in [0, 0.05) is 39.1 Å². The molecule has 5 nitrogen and oxygen atoms in total. The molecule has 26 heavy (non-hydrogen) atoms. The lowest BCUT2D eigenvalue weighted by Gasteiger charge is -2.28. The number of hydrogen-bond donors (Lipinski definition) is 0. The molecule has 4 rings (SSSR count). The van der Waals surface area contributed by atoms with E-state index in [0.717, 1.165) is 44.7 Å². The van der Waals surface area contributed by atoms with Crippen LogP contribution in [0.1, 0.15) is 31.7 Å². The lowest BCUT2D eigenvalue weighted by molar-refractivity contribution is -0.132. The lowest BCUT2D eigenvalue weighted by atomic mass is 9.85. The number of amides is 1. The highest BCUT2D eigenvalue weighted by molar-refractivity contribution is 6.08. The minimum Gasteiger partial charge on any atom is -0.383 e. The number of ether oxygens (including phenoxy) is 1. The molecule has 0 radical (unpaired) electrons. The molecule has 2 heterocycles. The molecule has 1 saturated heterocycles. The number of methoxy groups -OCH3 is 1. The van der Waals surface area contributed by atoms with Gasteiger partial charge in [-0.2, -0.15) is 0 Å². The van der Waals surface area contributed by atoms with E-state index in [1.54, 1.807) is 7.11 Å². The number of amidine groups is 1. The van der Waals surface area contributed by atoms with Crippen molar-refractivity contribution in [2.75, 3.05) is 33.4 Å². The summed E-state index contributed by atoms with van der Waals surface area (Å²) in [5, 5.41) is 0. The van der Waals surface area contributed by atoms with Crippen molar-refractivity contribution in [3.63, 3.8) is 0 Å². The van der Waals surface area contributed by atoms with Gasteiger partial charge >= 0.3 is 0 Å². The van der Waals surface area contributed by atoms with Crippen molar-refractivity contribution in [3.8, 4) is 0 Å². The Morgan fingerprint density at radius 2 is 2.08 bits per heavy atom. The zero-order chi connectivity index (χ0) is 18.1. The summed E-state index contributed by atoms with van der Waals surface area (Å²) in [4.78, 5) is 22.8. The van der Waals surface area contributed by atoms with E-state index in [0.29, 0.717) is 25.0 Å². The van der Waals surface area contributed by atoms with Crippen LogP contribution in [0.25, 0.3) is 0 Å². The first-order chi connectivity index (χ1) is 12.7. The number of carbonyl (C=O) groups is 1. The third kappa shape index (κ3) is 2.87. The van der Waals surface area contributed by atoms with Crippen LogP contribution in [0, 0.1) is 11.8 Å². The first-order valence-corrected chi connectivity index (χ1v) is 9.84. The molecule has 2 aliphatic heterocycles. The molecule has 3 aliphatic rings. The molecule has 1 spiro atoms. The van der Waals surface area contributed by atoms with E-state index < -0.39 is 5.54 Å². The average Bonchev–Trinajstić information content (AvgIpc) is 3.29. The van der Waals surface area contributed by atoms with E-state index in [4.69, 9.17) is 9.73 Å². The van der Waals surface area contributed by atoms with Crippen molar-refractivity contribution in [2.24, 2.45) is 16.8 Å². The van der Waals surface area contributed by atoms with Crippen molar-refractivity contribution < 1.29 is 9.53 Å². The first kappa shape index (κ1) is 17.7.